The SMILES string of the molecule is CN(C)CCN1C(=O)c2cccc3cc(N)cc(c23)C1=O.Cl.Cl. The zero-order valence-corrected chi connectivity index (χ0v) is 14.5. The second-order valence-corrected chi connectivity index (χ2v) is 5.54. The first kappa shape index (κ1) is 19.2. The van der Waals surface area contributed by atoms with Crippen molar-refractivity contribution in [2.24, 2.45) is 0 Å². The molecule has 0 radical (unpaired) electrons. The van der Waals surface area contributed by atoms with E-state index in [9.17, 15) is 9.59 Å². The van der Waals surface area contributed by atoms with Gasteiger partial charge in [-0.2, -0.15) is 0 Å². The number of halogens is 2. The predicted molar refractivity (Wildman–Crippen MR) is 96.8 cm³/mol. The molecule has 0 saturated heterocycles. The number of nitrogen functional groups attached to an aromatic ring is 1. The van der Waals surface area contributed by atoms with Crippen LogP contribution in [0.5, 0.6) is 0 Å². The van der Waals surface area contributed by atoms with Gasteiger partial charge in [-0.3, -0.25) is 14.5 Å². The largest absolute Gasteiger partial charge is 0.399 e. The van der Waals surface area contributed by atoms with Crippen LogP contribution < -0.4 is 5.73 Å². The maximum Gasteiger partial charge on any atom is 0.261 e. The van der Waals surface area contributed by atoms with Crippen molar-refractivity contribution in [1.82, 2.24) is 9.80 Å². The molecule has 3 rings (SSSR count). The molecular weight excluding hydrogens is 337 g/mol. The summed E-state index contributed by atoms with van der Waals surface area (Å²) in [6, 6.07) is 8.90. The van der Waals surface area contributed by atoms with Crippen molar-refractivity contribution in [3.8, 4) is 0 Å². The van der Waals surface area contributed by atoms with Crippen LogP contribution in [0.1, 0.15) is 20.7 Å². The quantitative estimate of drug-likeness (QED) is 0.678. The van der Waals surface area contributed by atoms with E-state index >= 15 is 0 Å². The third-order valence-corrected chi connectivity index (χ3v) is 3.72. The molecule has 0 saturated carbocycles. The monoisotopic (exact) mass is 355 g/mol. The summed E-state index contributed by atoms with van der Waals surface area (Å²) in [6.45, 7) is 1.00. The van der Waals surface area contributed by atoms with E-state index in [2.05, 4.69) is 0 Å². The van der Waals surface area contributed by atoms with Crippen molar-refractivity contribution in [2.75, 3.05) is 32.9 Å². The average molecular weight is 356 g/mol. The molecule has 0 fully saturated rings. The van der Waals surface area contributed by atoms with Gasteiger partial charge >= 0.3 is 0 Å². The van der Waals surface area contributed by atoms with Crippen LogP contribution in [0.3, 0.4) is 0 Å². The first-order chi connectivity index (χ1) is 9.99. The lowest BCUT2D eigenvalue weighted by Gasteiger charge is -2.28. The number of nitrogens with two attached hydrogens (primary N) is 1. The summed E-state index contributed by atoms with van der Waals surface area (Å²) in [5.74, 6) is -0.498. The fourth-order valence-corrected chi connectivity index (χ4v) is 2.68. The molecule has 0 aromatic heterocycles. The first-order valence-electron chi connectivity index (χ1n) is 6.82. The van der Waals surface area contributed by atoms with E-state index in [-0.39, 0.29) is 36.6 Å². The van der Waals surface area contributed by atoms with Gasteiger partial charge in [0.05, 0.1) is 5.56 Å². The lowest BCUT2D eigenvalue weighted by molar-refractivity contribution is 0.0601. The zero-order chi connectivity index (χ0) is 15.1. The molecule has 2 amide bonds. The fourth-order valence-electron chi connectivity index (χ4n) is 2.68. The summed E-state index contributed by atoms with van der Waals surface area (Å²) >= 11 is 0. The number of amides is 2. The minimum Gasteiger partial charge on any atom is -0.399 e. The third kappa shape index (κ3) is 3.27. The molecule has 23 heavy (non-hydrogen) atoms. The summed E-state index contributed by atoms with van der Waals surface area (Å²) in [6.07, 6.45) is 0. The zero-order valence-electron chi connectivity index (χ0n) is 12.9. The van der Waals surface area contributed by atoms with Gasteiger partial charge in [-0.25, -0.2) is 0 Å². The first-order valence-corrected chi connectivity index (χ1v) is 6.82. The van der Waals surface area contributed by atoms with Gasteiger partial charge in [0.2, 0.25) is 0 Å². The van der Waals surface area contributed by atoms with Gasteiger partial charge in [0.15, 0.2) is 0 Å². The van der Waals surface area contributed by atoms with Crippen LogP contribution in [0, 0.1) is 0 Å². The maximum atomic E-state index is 12.6. The van der Waals surface area contributed by atoms with E-state index in [0.29, 0.717) is 35.3 Å². The van der Waals surface area contributed by atoms with Gasteiger partial charge in [-0.15, -0.1) is 24.8 Å². The Hall–Kier alpha value is -1.82. The van der Waals surface area contributed by atoms with Crippen molar-refractivity contribution in [3.63, 3.8) is 0 Å². The second kappa shape index (κ2) is 7.17. The van der Waals surface area contributed by atoms with Crippen molar-refractivity contribution in [1.29, 1.82) is 0 Å². The number of hydrogen-bond donors (Lipinski definition) is 1. The Labute approximate surface area is 147 Å². The van der Waals surface area contributed by atoms with Crippen molar-refractivity contribution in [2.45, 2.75) is 0 Å². The third-order valence-electron chi connectivity index (χ3n) is 3.72. The number of rotatable bonds is 3. The number of likely N-dealkylation sites (N-methyl/N-ethyl adjacent to an activating group) is 1. The van der Waals surface area contributed by atoms with Crippen molar-refractivity contribution < 1.29 is 9.59 Å². The molecule has 0 bridgehead atoms. The second-order valence-electron chi connectivity index (χ2n) is 5.54. The van der Waals surface area contributed by atoms with Gasteiger partial charge in [0.25, 0.3) is 11.8 Å². The molecule has 0 atom stereocenters. The number of carbonyl (C=O) groups excluding carboxylic acids is 2. The molecular formula is C16H19Cl2N3O2. The van der Waals surface area contributed by atoms with Gasteiger partial charge in [0.1, 0.15) is 0 Å². The number of nitrogens with zero attached hydrogens (tertiary/aromatic N) is 2. The smallest absolute Gasteiger partial charge is 0.261 e. The molecule has 5 nitrogen and oxygen atoms in total. The lowest BCUT2D eigenvalue weighted by Crippen LogP contribution is -2.43. The number of benzene rings is 2. The lowest BCUT2D eigenvalue weighted by atomic mass is 9.93. The average Bonchev–Trinajstić information content (AvgIpc) is 2.43. The van der Waals surface area contributed by atoms with Crippen LogP contribution >= 0.6 is 24.8 Å². The molecule has 2 aromatic carbocycles. The van der Waals surface area contributed by atoms with Gasteiger partial charge < -0.3 is 10.6 Å². The Morgan fingerprint density at radius 1 is 1.04 bits per heavy atom. The fraction of sp³-hybridized carbons (Fsp3) is 0.250. The van der Waals surface area contributed by atoms with Crippen molar-refractivity contribution >= 4 is 53.1 Å². The van der Waals surface area contributed by atoms with E-state index < -0.39 is 0 Å². The van der Waals surface area contributed by atoms with Gasteiger partial charge in [-0.1, -0.05) is 12.1 Å². The molecule has 1 heterocycles. The highest BCUT2D eigenvalue weighted by molar-refractivity contribution is 6.25. The highest BCUT2D eigenvalue weighted by atomic mass is 35.5. The van der Waals surface area contributed by atoms with E-state index in [4.69, 9.17) is 5.73 Å². The minimum atomic E-state index is -0.266. The molecule has 1 aliphatic heterocycles. The summed E-state index contributed by atoms with van der Waals surface area (Å²) in [7, 11) is 3.82. The molecule has 0 spiro atoms. The normalized spacial score (nSPS) is 13.1. The number of imide groups is 1. The van der Waals surface area contributed by atoms with Crippen molar-refractivity contribution in [3.05, 3.63) is 41.5 Å². The molecule has 1 aliphatic rings. The minimum absolute atomic E-state index is 0. The predicted octanol–water partition coefficient (Wildman–Crippen LogP) is 2.42. The highest BCUT2D eigenvalue weighted by Gasteiger charge is 2.32. The van der Waals surface area contributed by atoms with Crippen LogP contribution in [0.4, 0.5) is 5.69 Å². The number of carbonyl (C=O) groups is 2. The maximum absolute atomic E-state index is 12.6. The highest BCUT2D eigenvalue weighted by Crippen LogP contribution is 2.31. The number of anilines is 1. The van der Waals surface area contributed by atoms with Gasteiger partial charge in [-0.05, 0) is 37.7 Å². The van der Waals surface area contributed by atoms with Gasteiger partial charge in [0, 0.05) is 29.7 Å². The topological polar surface area (TPSA) is 66.6 Å². The van der Waals surface area contributed by atoms with E-state index in [0.717, 1.165) is 5.39 Å². The van der Waals surface area contributed by atoms with Crippen LogP contribution in [-0.4, -0.2) is 48.8 Å². The van der Waals surface area contributed by atoms with Crippen LogP contribution in [-0.2, 0) is 0 Å². The van der Waals surface area contributed by atoms with Crippen LogP contribution in [0.2, 0.25) is 0 Å². The Morgan fingerprint density at radius 2 is 1.70 bits per heavy atom. The summed E-state index contributed by atoms with van der Waals surface area (Å²) < 4.78 is 0. The molecule has 0 unspecified atom stereocenters. The van der Waals surface area contributed by atoms with E-state index in [1.807, 2.05) is 31.1 Å². The Morgan fingerprint density at radius 3 is 2.35 bits per heavy atom. The summed E-state index contributed by atoms with van der Waals surface area (Å²) in [5.41, 5.74) is 7.49. The molecule has 0 aliphatic carbocycles. The Balaban J connectivity index is 0.00000132. The molecule has 2 N–H and O–H groups in total. The van der Waals surface area contributed by atoms with E-state index in [1.165, 1.54) is 4.90 Å². The summed E-state index contributed by atoms with van der Waals surface area (Å²) in [5, 5.41) is 1.54. The standard InChI is InChI=1S/C16H17N3O2.2ClH/c1-18(2)6-7-19-15(20)12-5-3-4-10-8-11(17)9-13(14(10)12)16(19)21;;/h3-5,8-9H,6-7,17H2,1-2H3;2*1H. The summed E-state index contributed by atoms with van der Waals surface area (Å²) in [4.78, 5) is 28.4. The molecule has 7 heteroatoms. The van der Waals surface area contributed by atoms with Crippen LogP contribution in [0.15, 0.2) is 30.3 Å². The Bertz CT molecular complexity index is 762. The van der Waals surface area contributed by atoms with Crippen LogP contribution in [0.25, 0.3) is 10.8 Å². The Kier molecular flexibility index (Phi) is 5.99. The number of hydrogen-bond acceptors (Lipinski definition) is 4. The van der Waals surface area contributed by atoms with E-state index in [1.54, 1.807) is 18.2 Å². The molecule has 124 valence electrons. The molecule has 2 aromatic rings.